The summed E-state index contributed by atoms with van der Waals surface area (Å²) in [7, 11) is 0. The Balaban J connectivity index is 1.67. The second-order valence-corrected chi connectivity index (χ2v) is 11.8. The average molecular weight is 566 g/mol. The van der Waals surface area contributed by atoms with E-state index in [0.29, 0.717) is 12.0 Å². The molecule has 0 spiro atoms. The van der Waals surface area contributed by atoms with Gasteiger partial charge in [-0.05, 0) is 95.5 Å². The largest absolute Gasteiger partial charge is 0.493 e. The lowest BCUT2D eigenvalue weighted by Gasteiger charge is -2.44. The number of carbonyl (C=O) groups is 1. The summed E-state index contributed by atoms with van der Waals surface area (Å²) in [4.78, 5) is 12.6. The summed E-state index contributed by atoms with van der Waals surface area (Å²) in [6, 6.07) is 12.3. The van der Waals surface area contributed by atoms with Gasteiger partial charge >= 0.3 is 12.3 Å². The summed E-state index contributed by atoms with van der Waals surface area (Å²) < 4.78 is 64.5. The number of halogens is 3. The van der Waals surface area contributed by atoms with Crippen molar-refractivity contribution in [2.24, 2.45) is 0 Å². The molecule has 0 aromatic heterocycles. The van der Waals surface area contributed by atoms with Crippen LogP contribution in [0.5, 0.6) is 5.75 Å². The molecule has 0 aliphatic carbocycles. The van der Waals surface area contributed by atoms with Crippen molar-refractivity contribution in [2.45, 2.75) is 96.7 Å². The van der Waals surface area contributed by atoms with Crippen LogP contribution in [0.3, 0.4) is 0 Å². The number of aryl methyl sites for hydroxylation is 3. The van der Waals surface area contributed by atoms with Crippen LogP contribution in [0.2, 0.25) is 0 Å². The van der Waals surface area contributed by atoms with Gasteiger partial charge in [0, 0.05) is 0 Å². The van der Waals surface area contributed by atoms with Gasteiger partial charge in [0.05, 0.1) is 30.9 Å². The van der Waals surface area contributed by atoms with Gasteiger partial charge in [-0.3, -0.25) is 0 Å². The Morgan fingerprint density at radius 1 is 0.950 bits per heavy atom. The number of ether oxygens (including phenoxy) is 4. The van der Waals surface area contributed by atoms with E-state index in [0.717, 1.165) is 24.5 Å². The van der Waals surface area contributed by atoms with Gasteiger partial charge in [0.2, 0.25) is 0 Å². The lowest BCUT2D eigenvalue weighted by atomic mass is 9.91. The highest BCUT2D eigenvalue weighted by Gasteiger charge is 2.42. The summed E-state index contributed by atoms with van der Waals surface area (Å²) in [6.07, 6.45) is -2.40. The molecule has 9 heteroatoms. The van der Waals surface area contributed by atoms with Crippen molar-refractivity contribution in [1.29, 1.82) is 0 Å². The molecule has 2 aromatic rings. The number of alkyl carbamates (subject to hydrolysis) is 1. The SMILES string of the molecule is CCc1ccc(CCCOc2ccc(CCC3(NC(=O)OC(C)(C)C)COC(C)(C)OC3)cc2C(F)(F)F)cc1. The summed E-state index contributed by atoms with van der Waals surface area (Å²) in [5.74, 6) is -1.02. The molecule has 2 aromatic carbocycles. The predicted molar refractivity (Wildman–Crippen MR) is 147 cm³/mol. The van der Waals surface area contributed by atoms with Crippen LogP contribution in [-0.4, -0.2) is 42.8 Å². The van der Waals surface area contributed by atoms with E-state index < -0.39 is 34.8 Å². The molecule has 1 heterocycles. The van der Waals surface area contributed by atoms with E-state index in [1.807, 2.05) is 12.1 Å². The van der Waals surface area contributed by atoms with Crippen LogP contribution >= 0.6 is 0 Å². The zero-order valence-corrected chi connectivity index (χ0v) is 24.4. The Bertz CT molecular complexity index is 1110. The second kappa shape index (κ2) is 12.8. The number of benzene rings is 2. The molecule has 0 unspecified atom stereocenters. The van der Waals surface area contributed by atoms with E-state index in [1.165, 1.54) is 11.6 Å². The lowest BCUT2D eigenvalue weighted by molar-refractivity contribution is -0.271. The van der Waals surface area contributed by atoms with Crippen LogP contribution in [0.4, 0.5) is 18.0 Å². The average Bonchev–Trinajstić information content (AvgIpc) is 2.86. The Kier molecular flexibility index (Phi) is 10.2. The molecular formula is C31H42F3NO5. The first-order valence-corrected chi connectivity index (χ1v) is 13.8. The highest BCUT2D eigenvalue weighted by molar-refractivity contribution is 5.69. The van der Waals surface area contributed by atoms with Crippen molar-refractivity contribution in [1.82, 2.24) is 5.32 Å². The minimum absolute atomic E-state index is 0.133. The molecule has 1 aliphatic heterocycles. The Morgan fingerprint density at radius 2 is 1.55 bits per heavy atom. The molecule has 1 saturated heterocycles. The number of hydrogen-bond acceptors (Lipinski definition) is 5. The molecular weight excluding hydrogens is 523 g/mol. The monoisotopic (exact) mass is 565 g/mol. The third-order valence-corrected chi connectivity index (χ3v) is 6.70. The highest BCUT2D eigenvalue weighted by atomic mass is 19.4. The maximum absolute atomic E-state index is 14.0. The molecule has 6 nitrogen and oxygen atoms in total. The second-order valence-electron chi connectivity index (χ2n) is 11.8. The molecule has 0 radical (unpaired) electrons. The fourth-order valence-electron chi connectivity index (χ4n) is 4.37. The smallest absolute Gasteiger partial charge is 0.419 e. The van der Waals surface area contributed by atoms with Gasteiger partial charge < -0.3 is 24.3 Å². The fraction of sp³-hybridized carbons (Fsp3) is 0.581. The summed E-state index contributed by atoms with van der Waals surface area (Å²) >= 11 is 0. The molecule has 3 rings (SSSR count). The third kappa shape index (κ3) is 9.70. The first-order chi connectivity index (χ1) is 18.6. The highest BCUT2D eigenvalue weighted by Crippen LogP contribution is 2.38. The molecule has 1 aliphatic rings. The predicted octanol–water partition coefficient (Wildman–Crippen LogP) is 7.26. The van der Waals surface area contributed by atoms with Crippen LogP contribution in [0.25, 0.3) is 0 Å². The number of amides is 1. The van der Waals surface area contributed by atoms with Crippen LogP contribution in [-0.2, 0) is 39.6 Å². The van der Waals surface area contributed by atoms with Crippen molar-refractivity contribution in [3.63, 3.8) is 0 Å². The minimum Gasteiger partial charge on any atom is -0.493 e. The topological polar surface area (TPSA) is 66.0 Å². The van der Waals surface area contributed by atoms with Crippen molar-refractivity contribution in [3.05, 3.63) is 64.7 Å². The number of nitrogens with one attached hydrogen (secondary N) is 1. The van der Waals surface area contributed by atoms with Gasteiger partial charge in [0.1, 0.15) is 11.4 Å². The van der Waals surface area contributed by atoms with Crippen LogP contribution in [0.15, 0.2) is 42.5 Å². The van der Waals surface area contributed by atoms with Gasteiger partial charge in [0.25, 0.3) is 0 Å². The standard InChI is InChI=1S/C31H42F3NO5/c1-7-22-10-12-23(13-11-22)9-8-18-37-26-15-14-24(19-25(26)31(32,33)34)16-17-30(20-38-29(5,6)39-21-30)35-27(36)40-28(2,3)4/h10-15,19H,7-9,16-18,20-21H2,1-6H3,(H,35,36). The normalized spacial score (nSPS) is 16.8. The van der Waals surface area contributed by atoms with Crippen molar-refractivity contribution < 1.29 is 36.9 Å². The van der Waals surface area contributed by atoms with Crippen LogP contribution in [0, 0.1) is 0 Å². The van der Waals surface area contributed by atoms with Crippen molar-refractivity contribution in [3.8, 4) is 5.75 Å². The molecule has 222 valence electrons. The number of alkyl halides is 3. The Hall–Kier alpha value is -2.78. The summed E-state index contributed by atoms with van der Waals surface area (Å²) in [5, 5.41) is 2.85. The molecule has 1 N–H and O–H groups in total. The molecule has 0 atom stereocenters. The summed E-state index contributed by atoms with van der Waals surface area (Å²) in [5.41, 5.74) is 0.349. The van der Waals surface area contributed by atoms with Crippen LogP contribution < -0.4 is 10.1 Å². The quantitative estimate of drug-likeness (QED) is 0.307. The number of rotatable bonds is 10. The number of hydrogen-bond donors (Lipinski definition) is 1. The van der Waals surface area contributed by atoms with E-state index in [2.05, 4.69) is 24.4 Å². The third-order valence-electron chi connectivity index (χ3n) is 6.70. The maximum Gasteiger partial charge on any atom is 0.419 e. The molecule has 1 fully saturated rings. The van der Waals surface area contributed by atoms with Crippen molar-refractivity contribution >= 4 is 6.09 Å². The van der Waals surface area contributed by atoms with E-state index in [4.69, 9.17) is 18.9 Å². The van der Waals surface area contributed by atoms with Gasteiger partial charge in [-0.15, -0.1) is 0 Å². The Labute approximate surface area is 235 Å². The first kappa shape index (κ1) is 31.7. The van der Waals surface area contributed by atoms with Gasteiger partial charge in [-0.25, -0.2) is 4.79 Å². The molecule has 40 heavy (non-hydrogen) atoms. The van der Waals surface area contributed by atoms with E-state index in [9.17, 15) is 18.0 Å². The number of carbonyl (C=O) groups excluding carboxylic acids is 1. The zero-order valence-electron chi connectivity index (χ0n) is 24.4. The molecule has 1 amide bonds. The lowest BCUT2D eigenvalue weighted by Crippen LogP contribution is -2.61. The van der Waals surface area contributed by atoms with Gasteiger partial charge in [-0.1, -0.05) is 37.3 Å². The minimum atomic E-state index is -4.57. The Morgan fingerprint density at radius 3 is 2.12 bits per heavy atom. The van der Waals surface area contributed by atoms with Crippen LogP contribution in [0.1, 0.15) is 76.6 Å². The molecule has 0 saturated carbocycles. The van der Waals surface area contributed by atoms with Gasteiger partial charge in [-0.2, -0.15) is 13.2 Å². The van der Waals surface area contributed by atoms with Crippen molar-refractivity contribution in [2.75, 3.05) is 19.8 Å². The van der Waals surface area contributed by atoms with Gasteiger partial charge in [0.15, 0.2) is 5.79 Å². The maximum atomic E-state index is 14.0. The summed E-state index contributed by atoms with van der Waals surface area (Å²) in [6.45, 7) is 11.3. The first-order valence-electron chi connectivity index (χ1n) is 13.8. The van der Waals surface area contributed by atoms with E-state index >= 15 is 0 Å². The zero-order chi connectivity index (χ0) is 29.6. The van der Waals surface area contributed by atoms with E-state index in [-0.39, 0.29) is 38.4 Å². The fourth-order valence-corrected chi connectivity index (χ4v) is 4.37. The van der Waals surface area contributed by atoms with E-state index in [1.54, 1.807) is 40.7 Å². The molecule has 0 bridgehead atoms.